The van der Waals surface area contributed by atoms with Gasteiger partial charge in [-0.1, -0.05) is 0 Å². The molecule has 1 aliphatic heterocycles. The van der Waals surface area contributed by atoms with Gasteiger partial charge in [-0.3, -0.25) is 9.59 Å². The summed E-state index contributed by atoms with van der Waals surface area (Å²) in [4.78, 5) is 47.5. The molecule has 10 heteroatoms. The second kappa shape index (κ2) is 7.07. The van der Waals surface area contributed by atoms with E-state index in [1.54, 1.807) is 6.92 Å². The molecule has 0 radical (unpaired) electrons. The third-order valence-corrected chi connectivity index (χ3v) is 3.31. The average molecular weight is 328 g/mol. The van der Waals surface area contributed by atoms with Crippen molar-refractivity contribution in [3.63, 3.8) is 0 Å². The average Bonchev–Trinajstić information content (AvgIpc) is 2.47. The van der Waals surface area contributed by atoms with E-state index in [4.69, 9.17) is 10.5 Å². The number of primary amides is 1. The van der Waals surface area contributed by atoms with Gasteiger partial charge in [0.2, 0.25) is 11.6 Å². The van der Waals surface area contributed by atoms with E-state index in [1.807, 2.05) is 0 Å². The zero-order valence-electron chi connectivity index (χ0n) is 13.4. The number of nitrogens with two attached hydrogens (primary N) is 1. The van der Waals surface area contributed by atoms with Gasteiger partial charge in [-0.15, -0.1) is 0 Å². The first kappa shape index (κ1) is 18.4. The van der Waals surface area contributed by atoms with Crippen molar-refractivity contribution in [1.29, 1.82) is 0 Å². The van der Waals surface area contributed by atoms with Crippen molar-refractivity contribution in [2.24, 2.45) is 16.8 Å². The lowest BCUT2D eigenvalue weighted by Gasteiger charge is -2.42. The highest BCUT2D eigenvalue weighted by atomic mass is 16.5. The highest BCUT2D eigenvalue weighted by molar-refractivity contribution is 6.04. The molecule has 0 spiro atoms. The number of nitrogens with zero attached hydrogens (tertiary/aromatic N) is 2. The summed E-state index contributed by atoms with van der Waals surface area (Å²) < 4.78 is 9.61. The van der Waals surface area contributed by atoms with E-state index in [1.165, 1.54) is 6.92 Å². The van der Waals surface area contributed by atoms with Gasteiger partial charge in [0.25, 0.3) is 0 Å². The van der Waals surface area contributed by atoms with Crippen LogP contribution in [0.1, 0.15) is 27.2 Å². The maximum atomic E-state index is 12.3. The number of rotatable bonds is 4. The number of hydrazone groups is 1. The van der Waals surface area contributed by atoms with Gasteiger partial charge in [-0.05, 0) is 13.8 Å². The summed E-state index contributed by atoms with van der Waals surface area (Å²) in [5.74, 6) is -3.16. The first-order valence-corrected chi connectivity index (χ1v) is 6.88. The van der Waals surface area contributed by atoms with E-state index in [9.17, 15) is 19.2 Å². The summed E-state index contributed by atoms with van der Waals surface area (Å²) in [5, 5.41) is 6.84. The Morgan fingerprint density at radius 1 is 1.43 bits per heavy atom. The third-order valence-electron chi connectivity index (χ3n) is 3.31. The molecular formula is C13H20N4O6. The van der Waals surface area contributed by atoms with Crippen molar-refractivity contribution < 1.29 is 28.7 Å². The van der Waals surface area contributed by atoms with Gasteiger partial charge in [0.15, 0.2) is 0 Å². The number of hydrogen-bond acceptors (Lipinski definition) is 7. The largest absolute Gasteiger partial charge is 0.466 e. The lowest BCUT2D eigenvalue weighted by molar-refractivity contribution is -0.162. The third kappa shape index (κ3) is 3.58. The molecule has 2 atom stereocenters. The molecule has 0 fully saturated rings. The predicted octanol–water partition coefficient (Wildman–Crippen LogP) is -0.669. The number of hydrogen-bond donors (Lipinski definition) is 2. The smallest absolute Gasteiger partial charge is 0.354 e. The highest BCUT2D eigenvalue weighted by Gasteiger charge is 2.54. The van der Waals surface area contributed by atoms with Crippen LogP contribution in [0.2, 0.25) is 0 Å². The quantitative estimate of drug-likeness (QED) is 0.656. The van der Waals surface area contributed by atoms with Crippen molar-refractivity contribution >= 4 is 29.6 Å². The zero-order valence-corrected chi connectivity index (χ0v) is 13.4. The number of methoxy groups -OCH3 is 1. The SMILES string of the molecule is CCOC(=O)[C@H]1C[C@](NC(C)=O)(C(=O)OC)N(C(N)=O)N=C1C. The summed E-state index contributed by atoms with van der Waals surface area (Å²) in [6.45, 7) is 4.40. The van der Waals surface area contributed by atoms with E-state index in [0.29, 0.717) is 5.01 Å². The van der Waals surface area contributed by atoms with E-state index in [0.717, 1.165) is 14.0 Å². The van der Waals surface area contributed by atoms with Crippen LogP contribution in [0.3, 0.4) is 0 Å². The van der Waals surface area contributed by atoms with Gasteiger partial charge >= 0.3 is 18.0 Å². The molecule has 0 saturated carbocycles. The van der Waals surface area contributed by atoms with Gasteiger partial charge in [-0.2, -0.15) is 10.1 Å². The maximum absolute atomic E-state index is 12.3. The Hall–Kier alpha value is -2.65. The molecule has 0 unspecified atom stereocenters. The van der Waals surface area contributed by atoms with Crippen LogP contribution in [0.25, 0.3) is 0 Å². The summed E-state index contributed by atoms with van der Waals surface area (Å²) in [5.41, 5.74) is 3.48. The molecule has 1 rings (SSSR count). The summed E-state index contributed by atoms with van der Waals surface area (Å²) in [6, 6.07) is -1.08. The lowest BCUT2D eigenvalue weighted by atomic mass is 9.88. The van der Waals surface area contributed by atoms with Gasteiger partial charge in [0, 0.05) is 13.3 Å². The molecule has 0 aliphatic carbocycles. The van der Waals surface area contributed by atoms with Crippen molar-refractivity contribution in [2.45, 2.75) is 32.9 Å². The first-order chi connectivity index (χ1) is 10.7. The number of urea groups is 1. The monoisotopic (exact) mass is 328 g/mol. The molecule has 10 nitrogen and oxygen atoms in total. The molecular weight excluding hydrogens is 308 g/mol. The van der Waals surface area contributed by atoms with E-state index >= 15 is 0 Å². The van der Waals surface area contributed by atoms with Crippen LogP contribution in [-0.4, -0.2) is 54.0 Å². The zero-order chi connectivity index (χ0) is 17.8. The van der Waals surface area contributed by atoms with E-state index < -0.39 is 35.5 Å². The fourth-order valence-corrected chi connectivity index (χ4v) is 2.36. The molecule has 3 amide bonds. The van der Waals surface area contributed by atoms with Crippen molar-refractivity contribution in [2.75, 3.05) is 13.7 Å². The van der Waals surface area contributed by atoms with Crippen molar-refractivity contribution in [1.82, 2.24) is 10.3 Å². The summed E-state index contributed by atoms with van der Waals surface area (Å²) >= 11 is 0. The Morgan fingerprint density at radius 2 is 2.04 bits per heavy atom. The molecule has 0 aromatic carbocycles. The molecule has 23 heavy (non-hydrogen) atoms. The second-order valence-electron chi connectivity index (χ2n) is 4.93. The number of carbonyl (C=O) groups is 4. The Kier molecular flexibility index (Phi) is 5.66. The number of nitrogens with one attached hydrogen (secondary N) is 1. The molecule has 1 aliphatic rings. The van der Waals surface area contributed by atoms with Crippen LogP contribution in [-0.2, 0) is 23.9 Å². The van der Waals surface area contributed by atoms with E-state index in [2.05, 4.69) is 15.2 Å². The van der Waals surface area contributed by atoms with Crippen LogP contribution in [0, 0.1) is 5.92 Å². The standard InChI is InChI=1S/C13H20N4O6/c1-5-23-10(19)9-6-13(11(20)22-4,15-8(3)18)17(12(14)21)16-7(9)2/h9H,5-6H2,1-4H3,(H2,14,21)(H,15,18)/t9-,13+/m0/s1. The maximum Gasteiger partial charge on any atom is 0.354 e. The molecule has 0 aromatic heterocycles. The molecule has 1 heterocycles. The number of ether oxygens (including phenoxy) is 2. The number of carbonyl (C=O) groups excluding carboxylic acids is 4. The van der Waals surface area contributed by atoms with Gasteiger partial charge in [-0.25, -0.2) is 9.59 Å². The molecule has 0 aromatic rings. The summed E-state index contributed by atoms with van der Waals surface area (Å²) in [6.07, 6.45) is -0.295. The molecule has 128 valence electrons. The Morgan fingerprint density at radius 3 is 2.48 bits per heavy atom. The Labute approximate surface area is 133 Å². The van der Waals surface area contributed by atoms with Crippen molar-refractivity contribution in [3.8, 4) is 0 Å². The predicted molar refractivity (Wildman–Crippen MR) is 77.8 cm³/mol. The van der Waals surface area contributed by atoms with Gasteiger partial charge in [0.1, 0.15) is 5.92 Å². The summed E-state index contributed by atoms with van der Waals surface area (Å²) in [7, 11) is 1.08. The topological polar surface area (TPSA) is 140 Å². The highest BCUT2D eigenvalue weighted by Crippen LogP contribution is 2.31. The fraction of sp³-hybridized carbons (Fsp3) is 0.615. The van der Waals surface area contributed by atoms with Crippen LogP contribution >= 0.6 is 0 Å². The van der Waals surface area contributed by atoms with Crippen LogP contribution in [0.4, 0.5) is 4.79 Å². The van der Waals surface area contributed by atoms with Crippen molar-refractivity contribution in [3.05, 3.63) is 0 Å². The van der Waals surface area contributed by atoms with Crippen LogP contribution in [0.15, 0.2) is 5.10 Å². The Balaban J connectivity index is 3.43. The second-order valence-corrected chi connectivity index (χ2v) is 4.93. The minimum Gasteiger partial charge on any atom is -0.466 e. The minimum absolute atomic E-state index is 0.132. The molecule has 3 N–H and O–H groups in total. The molecule has 0 bridgehead atoms. The fourth-order valence-electron chi connectivity index (χ4n) is 2.36. The first-order valence-electron chi connectivity index (χ1n) is 6.88. The van der Waals surface area contributed by atoms with Gasteiger partial charge < -0.3 is 20.5 Å². The van der Waals surface area contributed by atoms with Crippen LogP contribution < -0.4 is 11.1 Å². The molecule has 0 saturated heterocycles. The Bertz CT molecular complexity index is 561. The lowest BCUT2D eigenvalue weighted by Crippen LogP contribution is -2.69. The normalized spacial score (nSPS) is 23.6. The number of esters is 2. The minimum atomic E-state index is -2.01. The van der Waals surface area contributed by atoms with Crippen LogP contribution in [0.5, 0.6) is 0 Å². The number of amides is 3. The van der Waals surface area contributed by atoms with E-state index in [-0.39, 0.29) is 18.7 Å². The van der Waals surface area contributed by atoms with Gasteiger partial charge in [0.05, 0.1) is 19.4 Å².